The molecular weight excluding hydrogens is 752 g/mol. The number of rotatable bonds is 12. The molecule has 0 aliphatic carbocycles. The number of nitrogens with zero attached hydrogens (tertiary/aromatic N) is 7. The topological polar surface area (TPSA) is 156 Å². The van der Waals surface area contributed by atoms with Crippen molar-refractivity contribution in [3.63, 3.8) is 0 Å². The van der Waals surface area contributed by atoms with Crippen molar-refractivity contribution in [2.24, 2.45) is 0 Å². The van der Waals surface area contributed by atoms with E-state index in [9.17, 15) is 19.2 Å². The lowest BCUT2D eigenvalue weighted by Gasteiger charge is -2.36. The molecule has 14 nitrogen and oxygen atoms in total. The molecule has 2 aromatic heterocycles. The van der Waals surface area contributed by atoms with Gasteiger partial charge in [-0.1, -0.05) is 47.2 Å². The molecule has 4 amide bonds. The van der Waals surface area contributed by atoms with Gasteiger partial charge in [0.1, 0.15) is 22.3 Å². The summed E-state index contributed by atoms with van der Waals surface area (Å²) in [5.41, 5.74) is 3.48. The quantitative estimate of drug-likeness (QED) is 0.125. The number of amides is 4. The first kappa shape index (κ1) is 39.1. The van der Waals surface area contributed by atoms with Gasteiger partial charge in [-0.25, -0.2) is 15.0 Å². The highest BCUT2D eigenvalue weighted by molar-refractivity contribution is 7.17. The molecule has 3 aliphatic rings. The molecule has 3 fully saturated rings. The van der Waals surface area contributed by atoms with Gasteiger partial charge in [-0.2, -0.15) is 0 Å². The zero-order chi connectivity index (χ0) is 39.2. The van der Waals surface area contributed by atoms with Crippen LogP contribution >= 0.6 is 22.9 Å². The van der Waals surface area contributed by atoms with Crippen molar-refractivity contribution in [1.82, 2.24) is 30.1 Å². The maximum atomic E-state index is 13.0. The van der Waals surface area contributed by atoms with Crippen molar-refractivity contribution in [2.75, 3.05) is 79.3 Å². The first-order valence-corrected chi connectivity index (χ1v) is 20.4. The number of halogens is 1. The normalized spacial score (nSPS) is 17.8. The zero-order valence-electron chi connectivity index (χ0n) is 31.7. The summed E-state index contributed by atoms with van der Waals surface area (Å²) in [6, 6.07) is 15.4. The lowest BCUT2D eigenvalue weighted by molar-refractivity contribution is -0.134. The average Bonchev–Trinajstić information content (AvgIpc) is 3.66. The Labute approximate surface area is 335 Å². The number of carbonyl (C=O) groups excluding carboxylic acids is 4. The van der Waals surface area contributed by atoms with Crippen LogP contribution in [-0.2, 0) is 14.4 Å². The van der Waals surface area contributed by atoms with Gasteiger partial charge in [0, 0.05) is 77.0 Å². The lowest BCUT2D eigenvalue weighted by atomic mass is 9.90. The molecule has 3 saturated heterocycles. The van der Waals surface area contributed by atoms with Gasteiger partial charge in [0.2, 0.25) is 17.7 Å². The second-order valence-electron chi connectivity index (χ2n) is 14.4. The number of anilines is 5. The van der Waals surface area contributed by atoms with Crippen molar-refractivity contribution >= 4 is 74.7 Å². The molecule has 294 valence electrons. The summed E-state index contributed by atoms with van der Waals surface area (Å²) in [5, 5.41) is 9.61. The number of piperidine rings is 1. The van der Waals surface area contributed by atoms with E-state index in [-0.39, 0.29) is 29.5 Å². The molecule has 1 atom stereocenters. The number of aromatic nitrogens is 3. The number of unbranched alkanes of at least 4 members (excludes halogenated alkanes) is 1. The smallest absolute Gasteiger partial charge is 0.267 e. The van der Waals surface area contributed by atoms with Crippen LogP contribution in [0.1, 0.15) is 64.6 Å². The van der Waals surface area contributed by atoms with E-state index in [1.807, 2.05) is 61.2 Å². The molecule has 0 radical (unpaired) electrons. The summed E-state index contributed by atoms with van der Waals surface area (Å²) in [4.78, 5) is 72.8. The molecule has 3 N–H and O–H groups in total. The minimum atomic E-state index is -0.284. The van der Waals surface area contributed by atoms with Gasteiger partial charge in [-0.3, -0.25) is 29.4 Å². The molecule has 4 aromatic rings. The highest BCUT2D eigenvalue weighted by atomic mass is 35.5. The van der Waals surface area contributed by atoms with Gasteiger partial charge in [-0.15, -0.1) is 0 Å². The van der Waals surface area contributed by atoms with Crippen molar-refractivity contribution in [1.29, 1.82) is 0 Å². The number of aryl methyl sites for hydroxylation is 2. The van der Waals surface area contributed by atoms with Gasteiger partial charge >= 0.3 is 0 Å². The number of benzene rings is 2. The molecule has 2 aromatic carbocycles. The van der Waals surface area contributed by atoms with Crippen molar-refractivity contribution in [3.8, 4) is 0 Å². The van der Waals surface area contributed by atoms with Crippen LogP contribution in [0.25, 0.3) is 0 Å². The van der Waals surface area contributed by atoms with E-state index in [4.69, 9.17) is 16.6 Å². The fourth-order valence-corrected chi connectivity index (χ4v) is 8.39. The SMILES string of the molecule is Cc1nc(Nc2ncc(C(=O)Nc3c(C)cccc3Cl)s2)cc(N2CCN(CCCCC(=O)N3CCN(c4ccc(C5CCC(=O)NC5=O)cc4)CC3)CC2)n1. The predicted octanol–water partition coefficient (Wildman–Crippen LogP) is 5.36. The van der Waals surface area contributed by atoms with Gasteiger partial charge in [-0.05, 0) is 69.0 Å². The molecule has 16 heteroatoms. The van der Waals surface area contributed by atoms with E-state index in [2.05, 4.69) is 40.6 Å². The third-order valence-electron chi connectivity index (χ3n) is 10.6. The predicted molar refractivity (Wildman–Crippen MR) is 219 cm³/mol. The molecule has 0 saturated carbocycles. The number of imide groups is 1. The summed E-state index contributed by atoms with van der Waals surface area (Å²) in [7, 11) is 0. The van der Waals surface area contributed by atoms with Crippen molar-refractivity contribution in [2.45, 2.75) is 51.9 Å². The highest BCUT2D eigenvalue weighted by Crippen LogP contribution is 2.30. The zero-order valence-corrected chi connectivity index (χ0v) is 33.3. The van der Waals surface area contributed by atoms with Crippen LogP contribution in [0.4, 0.5) is 28.1 Å². The Morgan fingerprint density at radius 2 is 1.68 bits per heavy atom. The fourth-order valence-electron chi connectivity index (χ4n) is 7.40. The number of carbonyl (C=O) groups is 4. The number of para-hydroxylation sites is 1. The number of hydrogen-bond acceptors (Lipinski definition) is 12. The van der Waals surface area contributed by atoms with Crippen molar-refractivity contribution in [3.05, 3.63) is 81.6 Å². The van der Waals surface area contributed by atoms with Gasteiger partial charge < -0.3 is 25.3 Å². The molecule has 0 bridgehead atoms. The third kappa shape index (κ3) is 9.63. The molecule has 1 unspecified atom stereocenters. The first-order valence-electron chi connectivity index (χ1n) is 19.2. The number of thiazole rings is 1. The Morgan fingerprint density at radius 1 is 0.929 bits per heavy atom. The second kappa shape index (κ2) is 17.8. The minimum Gasteiger partial charge on any atom is -0.368 e. The summed E-state index contributed by atoms with van der Waals surface area (Å²) < 4.78 is 0. The average molecular weight is 799 g/mol. The summed E-state index contributed by atoms with van der Waals surface area (Å²) >= 11 is 7.53. The molecular formula is C40H47ClN10O4S. The van der Waals surface area contributed by atoms with E-state index in [1.54, 1.807) is 6.07 Å². The Hall–Kier alpha value is -5.12. The maximum Gasteiger partial charge on any atom is 0.267 e. The van der Waals surface area contributed by atoms with Crippen LogP contribution in [0.3, 0.4) is 0 Å². The molecule has 56 heavy (non-hydrogen) atoms. The van der Waals surface area contributed by atoms with Gasteiger partial charge in [0.15, 0.2) is 5.13 Å². The Kier molecular flexibility index (Phi) is 12.4. The second-order valence-corrected chi connectivity index (χ2v) is 15.9. The standard InChI is InChI=1S/C40H47ClN10O4S/c1-26-6-5-7-31(41)37(26)47-39(55)32-25-42-40(56-32)45-33-24-34(44-27(2)43-33)50-18-16-48(17-19-50)15-4-3-8-36(53)51-22-20-49(21-23-51)29-11-9-28(10-12-29)30-13-14-35(52)46-38(30)54/h5-7,9-12,24-25,30H,3-4,8,13-23H2,1-2H3,(H,47,55)(H,46,52,54)(H,42,43,44,45). The molecule has 7 rings (SSSR count). The molecule has 0 spiro atoms. The number of piperazine rings is 2. The minimum absolute atomic E-state index is 0.204. The fraction of sp³-hybridized carbons (Fsp3) is 0.425. The van der Waals surface area contributed by atoms with Crippen LogP contribution in [-0.4, -0.2) is 107 Å². The Morgan fingerprint density at radius 3 is 2.41 bits per heavy atom. The summed E-state index contributed by atoms with van der Waals surface area (Å²) in [6.07, 6.45) is 4.84. The van der Waals surface area contributed by atoms with E-state index >= 15 is 0 Å². The van der Waals surface area contributed by atoms with E-state index < -0.39 is 0 Å². The molecule has 5 heterocycles. The summed E-state index contributed by atoms with van der Waals surface area (Å²) in [6.45, 7) is 11.1. The summed E-state index contributed by atoms with van der Waals surface area (Å²) in [5.74, 6) is 1.33. The third-order valence-corrected chi connectivity index (χ3v) is 11.8. The van der Waals surface area contributed by atoms with Crippen molar-refractivity contribution < 1.29 is 19.2 Å². The van der Waals surface area contributed by atoms with Gasteiger partial charge in [0.25, 0.3) is 5.91 Å². The Balaban J connectivity index is 0.805. The van der Waals surface area contributed by atoms with E-state index in [0.717, 1.165) is 81.3 Å². The van der Waals surface area contributed by atoms with Gasteiger partial charge in [0.05, 0.1) is 22.8 Å². The number of hydrogen-bond donors (Lipinski definition) is 3. The van der Waals surface area contributed by atoms with Crippen LogP contribution in [0.2, 0.25) is 5.02 Å². The molecule has 3 aliphatic heterocycles. The monoisotopic (exact) mass is 798 g/mol. The lowest BCUT2D eigenvalue weighted by Crippen LogP contribution is -2.48. The van der Waals surface area contributed by atoms with Crippen LogP contribution in [0.15, 0.2) is 54.7 Å². The maximum absolute atomic E-state index is 13.0. The highest BCUT2D eigenvalue weighted by Gasteiger charge is 2.28. The largest absolute Gasteiger partial charge is 0.368 e. The van der Waals surface area contributed by atoms with Crippen LogP contribution < -0.4 is 25.8 Å². The number of nitrogens with one attached hydrogen (secondary N) is 3. The van der Waals surface area contributed by atoms with Crippen LogP contribution in [0.5, 0.6) is 0 Å². The van der Waals surface area contributed by atoms with E-state index in [0.29, 0.717) is 64.7 Å². The van der Waals surface area contributed by atoms with Crippen LogP contribution in [0, 0.1) is 13.8 Å². The Bertz CT molecular complexity index is 2040. The first-order chi connectivity index (χ1) is 27.1. The van der Waals surface area contributed by atoms with E-state index in [1.165, 1.54) is 17.5 Å².